The lowest BCUT2D eigenvalue weighted by Gasteiger charge is -2.21. The van der Waals surface area contributed by atoms with Crippen molar-refractivity contribution in [1.82, 2.24) is 4.90 Å². The fourth-order valence-corrected chi connectivity index (χ4v) is 2.79. The summed E-state index contributed by atoms with van der Waals surface area (Å²) < 4.78 is 0. The van der Waals surface area contributed by atoms with E-state index in [-0.39, 0.29) is 30.3 Å². The van der Waals surface area contributed by atoms with Crippen molar-refractivity contribution in [2.75, 3.05) is 7.05 Å². The van der Waals surface area contributed by atoms with Crippen LogP contribution < -0.4 is 5.73 Å². The summed E-state index contributed by atoms with van der Waals surface area (Å²) in [5.41, 5.74) is 8.19. The fraction of sp³-hybridized carbons (Fsp3) is 0.562. The van der Waals surface area contributed by atoms with E-state index in [0.29, 0.717) is 19.4 Å². The number of aliphatic hydroxyl groups excluding tert-OH is 1. The smallest absolute Gasteiger partial charge is 0.225 e. The molecule has 1 fully saturated rings. The van der Waals surface area contributed by atoms with Gasteiger partial charge in [-0.05, 0) is 30.4 Å². The average molecular weight is 313 g/mol. The van der Waals surface area contributed by atoms with Gasteiger partial charge in [0.1, 0.15) is 0 Å². The van der Waals surface area contributed by atoms with Crippen LogP contribution in [0.5, 0.6) is 0 Å². The molecule has 5 heteroatoms. The predicted molar refractivity (Wildman–Crippen MR) is 86.2 cm³/mol. The van der Waals surface area contributed by atoms with Gasteiger partial charge in [-0.1, -0.05) is 31.2 Å². The zero-order valence-electron chi connectivity index (χ0n) is 12.7. The van der Waals surface area contributed by atoms with Gasteiger partial charge in [0, 0.05) is 25.6 Å². The minimum Gasteiger partial charge on any atom is -0.391 e. The van der Waals surface area contributed by atoms with Gasteiger partial charge in [-0.25, -0.2) is 0 Å². The number of rotatable bonds is 4. The third-order valence-electron chi connectivity index (χ3n) is 4.15. The van der Waals surface area contributed by atoms with E-state index >= 15 is 0 Å². The largest absolute Gasteiger partial charge is 0.391 e. The van der Waals surface area contributed by atoms with E-state index in [9.17, 15) is 9.90 Å². The number of nitrogens with two attached hydrogens (primary N) is 1. The van der Waals surface area contributed by atoms with Crippen LogP contribution in [0.15, 0.2) is 24.3 Å². The van der Waals surface area contributed by atoms with Crippen molar-refractivity contribution < 1.29 is 9.90 Å². The van der Waals surface area contributed by atoms with Crippen LogP contribution >= 0.6 is 12.4 Å². The highest BCUT2D eigenvalue weighted by atomic mass is 35.5. The van der Waals surface area contributed by atoms with Gasteiger partial charge in [0.25, 0.3) is 0 Å². The SMILES string of the molecule is CCc1ccc(CN(C)C(=O)[C@H]2C[C@@H](N)[C@H](O)C2)cc1.Cl. The van der Waals surface area contributed by atoms with E-state index in [1.807, 2.05) is 7.05 Å². The molecule has 0 radical (unpaired) electrons. The lowest BCUT2D eigenvalue weighted by Crippen LogP contribution is -2.32. The summed E-state index contributed by atoms with van der Waals surface area (Å²) in [7, 11) is 1.81. The molecule has 1 amide bonds. The summed E-state index contributed by atoms with van der Waals surface area (Å²) in [5, 5.41) is 9.65. The van der Waals surface area contributed by atoms with Crippen LogP contribution in [0.1, 0.15) is 30.9 Å². The second-order valence-corrected chi connectivity index (χ2v) is 5.76. The van der Waals surface area contributed by atoms with Crippen molar-refractivity contribution in [2.45, 2.75) is 44.9 Å². The maximum Gasteiger partial charge on any atom is 0.225 e. The Balaban J connectivity index is 0.00000220. The fourth-order valence-electron chi connectivity index (χ4n) is 2.79. The van der Waals surface area contributed by atoms with E-state index < -0.39 is 6.10 Å². The van der Waals surface area contributed by atoms with Crippen molar-refractivity contribution in [3.63, 3.8) is 0 Å². The molecule has 1 saturated carbocycles. The number of hydrogen-bond donors (Lipinski definition) is 2. The molecule has 1 aliphatic carbocycles. The van der Waals surface area contributed by atoms with Crippen molar-refractivity contribution in [1.29, 1.82) is 0 Å². The lowest BCUT2D eigenvalue weighted by molar-refractivity contribution is -0.134. The number of nitrogens with zero attached hydrogens (tertiary/aromatic N) is 1. The number of aliphatic hydroxyl groups is 1. The van der Waals surface area contributed by atoms with Crippen LogP contribution in [-0.4, -0.2) is 35.1 Å². The van der Waals surface area contributed by atoms with Gasteiger partial charge in [-0.3, -0.25) is 4.79 Å². The molecule has 1 aromatic carbocycles. The first-order valence-corrected chi connectivity index (χ1v) is 7.27. The highest BCUT2D eigenvalue weighted by molar-refractivity contribution is 5.85. The van der Waals surface area contributed by atoms with Crippen LogP contribution in [-0.2, 0) is 17.8 Å². The highest BCUT2D eigenvalue weighted by Crippen LogP contribution is 2.26. The van der Waals surface area contributed by atoms with Gasteiger partial charge in [-0.2, -0.15) is 0 Å². The number of carbonyl (C=O) groups is 1. The number of benzene rings is 1. The molecule has 0 saturated heterocycles. The van der Waals surface area contributed by atoms with Crippen LogP contribution in [0.4, 0.5) is 0 Å². The molecule has 0 aromatic heterocycles. The summed E-state index contributed by atoms with van der Waals surface area (Å²) >= 11 is 0. The molecule has 0 spiro atoms. The third kappa shape index (κ3) is 4.43. The number of hydrogen-bond acceptors (Lipinski definition) is 3. The van der Waals surface area contributed by atoms with Crippen molar-refractivity contribution in [3.05, 3.63) is 35.4 Å². The highest BCUT2D eigenvalue weighted by Gasteiger charge is 2.35. The van der Waals surface area contributed by atoms with E-state index in [2.05, 4.69) is 31.2 Å². The Morgan fingerprint density at radius 3 is 2.33 bits per heavy atom. The lowest BCUT2D eigenvalue weighted by atomic mass is 10.1. The third-order valence-corrected chi connectivity index (χ3v) is 4.15. The Kier molecular flexibility index (Phi) is 6.65. The number of aryl methyl sites for hydroxylation is 1. The number of amides is 1. The zero-order valence-corrected chi connectivity index (χ0v) is 13.5. The van der Waals surface area contributed by atoms with E-state index in [1.165, 1.54) is 5.56 Å². The van der Waals surface area contributed by atoms with Gasteiger partial charge in [-0.15, -0.1) is 12.4 Å². The molecule has 1 aromatic rings. The van der Waals surface area contributed by atoms with Gasteiger partial charge in [0.15, 0.2) is 0 Å². The molecule has 1 aliphatic rings. The van der Waals surface area contributed by atoms with E-state index in [1.54, 1.807) is 4.90 Å². The van der Waals surface area contributed by atoms with Crippen LogP contribution in [0.25, 0.3) is 0 Å². The minimum absolute atomic E-state index is 0. The Hall–Kier alpha value is -1.10. The Bertz CT molecular complexity index is 454. The first-order chi connectivity index (χ1) is 9.51. The summed E-state index contributed by atoms with van der Waals surface area (Å²) in [4.78, 5) is 14.1. The second-order valence-electron chi connectivity index (χ2n) is 5.76. The van der Waals surface area contributed by atoms with Gasteiger partial charge in [0.05, 0.1) is 6.10 Å². The monoisotopic (exact) mass is 312 g/mol. The maximum atomic E-state index is 12.3. The topological polar surface area (TPSA) is 66.6 Å². The summed E-state index contributed by atoms with van der Waals surface area (Å²) in [5.74, 6) is -0.0588. The molecule has 118 valence electrons. The standard InChI is InChI=1S/C16H24N2O2.ClH/c1-3-11-4-6-12(7-5-11)10-18(2)16(20)13-8-14(17)15(19)9-13;/h4-7,13-15,19H,3,8-10,17H2,1-2H3;1H/t13-,14+,15+;/m0./s1. The quantitative estimate of drug-likeness (QED) is 0.890. The molecule has 3 atom stereocenters. The van der Waals surface area contributed by atoms with Crippen LogP contribution in [0, 0.1) is 5.92 Å². The molecule has 0 aliphatic heterocycles. The Labute approximate surface area is 132 Å². The molecular weight excluding hydrogens is 288 g/mol. The van der Waals surface area contributed by atoms with Gasteiger partial charge in [0.2, 0.25) is 5.91 Å². The molecule has 0 bridgehead atoms. The first-order valence-electron chi connectivity index (χ1n) is 7.27. The molecule has 4 nitrogen and oxygen atoms in total. The Morgan fingerprint density at radius 1 is 1.29 bits per heavy atom. The summed E-state index contributed by atoms with van der Waals surface area (Å²) in [6, 6.07) is 8.07. The van der Waals surface area contributed by atoms with Crippen molar-refractivity contribution in [2.24, 2.45) is 11.7 Å². The van der Waals surface area contributed by atoms with Gasteiger partial charge < -0.3 is 15.7 Å². The van der Waals surface area contributed by atoms with E-state index in [0.717, 1.165) is 12.0 Å². The molecule has 21 heavy (non-hydrogen) atoms. The average Bonchev–Trinajstić information content (AvgIpc) is 2.78. The predicted octanol–water partition coefficient (Wildman–Crippen LogP) is 1.73. The van der Waals surface area contributed by atoms with Gasteiger partial charge >= 0.3 is 0 Å². The minimum atomic E-state index is -0.541. The molecule has 0 heterocycles. The number of carbonyl (C=O) groups excluding carboxylic acids is 1. The summed E-state index contributed by atoms with van der Waals surface area (Å²) in [6.07, 6.45) is 1.55. The van der Waals surface area contributed by atoms with E-state index in [4.69, 9.17) is 5.73 Å². The van der Waals surface area contributed by atoms with Crippen molar-refractivity contribution in [3.8, 4) is 0 Å². The normalized spacial score (nSPS) is 24.5. The first kappa shape index (κ1) is 18.0. The molecule has 2 rings (SSSR count). The van der Waals surface area contributed by atoms with Crippen molar-refractivity contribution >= 4 is 18.3 Å². The molecule has 3 N–H and O–H groups in total. The zero-order chi connectivity index (χ0) is 14.7. The molecule has 0 unspecified atom stereocenters. The summed E-state index contributed by atoms with van der Waals surface area (Å²) in [6.45, 7) is 2.73. The molecular formula is C16H25ClN2O2. The second kappa shape index (κ2) is 7.78. The number of halogens is 1. The maximum absolute atomic E-state index is 12.3. The van der Waals surface area contributed by atoms with Crippen LogP contribution in [0.3, 0.4) is 0 Å². The Morgan fingerprint density at radius 2 is 1.86 bits per heavy atom. The van der Waals surface area contributed by atoms with Crippen LogP contribution in [0.2, 0.25) is 0 Å².